The molecule has 35 heavy (non-hydrogen) atoms. The van der Waals surface area contributed by atoms with Crippen molar-refractivity contribution in [1.29, 1.82) is 0 Å². The first-order valence-corrected chi connectivity index (χ1v) is 12.7. The first kappa shape index (κ1) is 24.8. The molecule has 4 aromatic rings. The zero-order chi connectivity index (χ0) is 24.6. The monoisotopic (exact) mass is 527 g/mol. The van der Waals surface area contributed by atoms with E-state index in [2.05, 4.69) is 27.1 Å². The van der Waals surface area contributed by atoms with E-state index in [1.165, 1.54) is 23.1 Å². The molecule has 1 amide bonds. The number of benzene rings is 2. The fraction of sp³-hybridized carbons (Fsp3) is 0.167. The Hall–Kier alpha value is -3.34. The molecule has 0 radical (unpaired) electrons. The van der Waals surface area contributed by atoms with Crippen LogP contribution in [0.2, 0.25) is 5.02 Å². The summed E-state index contributed by atoms with van der Waals surface area (Å²) in [5.41, 5.74) is 1.71. The summed E-state index contributed by atoms with van der Waals surface area (Å²) in [6.45, 7) is 4.49. The molecule has 0 atom stereocenters. The quantitative estimate of drug-likeness (QED) is 0.202. The maximum atomic E-state index is 12.5. The number of carbonyl (C=O) groups excluding carboxylic acids is 1. The van der Waals surface area contributed by atoms with Gasteiger partial charge in [0.2, 0.25) is 5.91 Å². The number of rotatable bonds is 11. The largest absolute Gasteiger partial charge is 0.493 e. The highest BCUT2D eigenvalue weighted by atomic mass is 35.5. The normalized spacial score (nSPS) is 10.7. The van der Waals surface area contributed by atoms with E-state index in [-0.39, 0.29) is 18.3 Å². The molecule has 2 aromatic carbocycles. The van der Waals surface area contributed by atoms with Crippen LogP contribution in [-0.4, -0.2) is 38.5 Å². The molecular weight excluding hydrogens is 506 g/mol. The molecule has 0 bridgehead atoms. The number of nitrogens with zero attached hydrogens (tertiary/aromatic N) is 4. The number of ether oxygens (including phenoxy) is 2. The summed E-state index contributed by atoms with van der Waals surface area (Å²) in [7, 11) is 1.59. The molecular formula is C24H22ClN5O3S2. The third-order valence-corrected chi connectivity index (χ3v) is 6.73. The Kier molecular flexibility index (Phi) is 8.40. The van der Waals surface area contributed by atoms with Gasteiger partial charge in [0.25, 0.3) is 0 Å². The van der Waals surface area contributed by atoms with Crippen molar-refractivity contribution in [1.82, 2.24) is 19.7 Å². The molecule has 4 rings (SSSR count). The second kappa shape index (κ2) is 11.9. The van der Waals surface area contributed by atoms with E-state index in [0.29, 0.717) is 39.2 Å². The minimum atomic E-state index is -0.188. The predicted octanol–water partition coefficient (Wildman–Crippen LogP) is 5.56. The van der Waals surface area contributed by atoms with Crippen molar-refractivity contribution in [2.45, 2.75) is 18.3 Å². The first-order valence-electron chi connectivity index (χ1n) is 10.5. The fourth-order valence-corrected chi connectivity index (χ4v) is 4.72. The van der Waals surface area contributed by atoms with E-state index < -0.39 is 0 Å². The Morgan fingerprint density at radius 1 is 1.20 bits per heavy atom. The predicted molar refractivity (Wildman–Crippen MR) is 139 cm³/mol. The number of anilines is 1. The van der Waals surface area contributed by atoms with E-state index in [0.717, 1.165) is 11.3 Å². The molecule has 0 saturated carbocycles. The SMILES string of the molecule is C=CCn1c(COc2ccccc2OC)nnc1SCC(=O)Nc1nc(-c2ccc(Cl)cc2)cs1. The van der Waals surface area contributed by atoms with Gasteiger partial charge in [-0.15, -0.1) is 28.1 Å². The number of halogens is 1. The Balaban J connectivity index is 1.36. The lowest BCUT2D eigenvalue weighted by Crippen LogP contribution is -2.15. The summed E-state index contributed by atoms with van der Waals surface area (Å²) >= 11 is 8.59. The van der Waals surface area contributed by atoms with Crippen LogP contribution in [0.4, 0.5) is 5.13 Å². The van der Waals surface area contributed by atoms with Gasteiger partial charge < -0.3 is 14.8 Å². The Labute approximate surface area is 216 Å². The smallest absolute Gasteiger partial charge is 0.236 e. The summed E-state index contributed by atoms with van der Waals surface area (Å²) in [5, 5.41) is 15.0. The molecule has 1 N–H and O–H groups in total. The van der Waals surface area contributed by atoms with Gasteiger partial charge in [0, 0.05) is 22.5 Å². The van der Waals surface area contributed by atoms with Crippen LogP contribution in [0.15, 0.2) is 71.7 Å². The summed E-state index contributed by atoms with van der Waals surface area (Å²) in [6, 6.07) is 14.8. The summed E-state index contributed by atoms with van der Waals surface area (Å²) < 4.78 is 13.1. The van der Waals surface area contributed by atoms with Crippen LogP contribution in [0, 0.1) is 0 Å². The topological polar surface area (TPSA) is 91.2 Å². The first-order chi connectivity index (χ1) is 17.1. The Bertz CT molecular complexity index is 1310. The summed E-state index contributed by atoms with van der Waals surface area (Å²) in [4.78, 5) is 17.0. The number of thioether (sulfide) groups is 1. The maximum absolute atomic E-state index is 12.5. The molecule has 11 heteroatoms. The average Bonchev–Trinajstić information content (AvgIpc) is 3.49. The molecule has 0 fully saturated rings. The minimum Gasteiger partial charge on any atom is -0.493 e. The lowest BCUT2D eigenvalue weighted by atomic mass is 10.2. The van der Waals surface area contributed by atoms with Gasteiger partial charge in [-0.1, -0.05) is 53.7 Å². The molecule has 0 saturated heterocycles. The minimum absolute atomic E-state index is 0.151. The Morgan fingerprint density at radius 3 is 2.71 bits per heavy atom. The summed E-state index contributed by atoms with van der Waals surface area (Å²) in [5.74, 6) is 1.82. The van der Waals surface area contributed by atoms with E-state index in [1.54, 1.807) is 25.3 Å². The van der Waals surface area contributed by atoms with Crippen molar-refractivity contribution < 1.29 is 14.3 Å². The second-order valence-electron chi connectivity index (χ2n) is 7.12. The van der Waals surface area contributed by atoms with Crippen LogP contribution in [-0.2, 0) is 17.9 Å². The van der Waals surface area contributed by atoms with Gasteiger partial charge in [0.05, 0.1) is 18.6 Å². The van der Waals surface area contributed by atoms with Gasteiger partial charge in [-0.25, -0.2) is 4.98 Å². The van der Waals surface area contributed by atoms with Gasteiger partial charge in [0.1, 0.15) is 6.61 Å². The van der Waals surface area contributed by atoms with Crippen molar-refractivity contribution in [2.24, 2.45) is 0 Å². The third kappa shape index (κ3) is 6.41. The van der Waals surface area contributed by atoms with Gasteiger partial charge >= 0.3 is 0 Å². The van der Waals surface area contributed by atoms with Crippen molar-refractivity contribution in [3.8, 4) is 22.8 Å². The van der Waals surface area contributed by atoms with Gasteiger partial charge in [-0.2, -0.15) is 0 Å². The number of hydrogen-bond acceptors (Lipinski definition) is 8. The number of amides is 1. The van der Waals surface area contributed by atoms with Gasteiger partial charge in [0.15, 0.2) is 27.6 Å². The zero-order valence-electron chi connectivity index (χ0n) is 18.8. The molecule has 180 valence electrons. The summed E-state index contributed by atoms with van der Waals surface area (Å²) in [6.07, 6.45) is 1.74. The van der Waals surface area contributed by atoms with Crippen LogP contribution < -0.4 is 14.8 Å². The molecule has 0 aliphatic carbocycles. The van der Waals surface area contributed by atoms with E-state index in [4.69, 9.17) is 21.1 Å². The molecule has 0 aliphatic heterocycles. The van der Waals surface area contributed by atoms with Gasteiger partial charge in [-0.3, -0.25) is 9.36 Å². The number of carbonyl (C=O) groups is 1. The third-order valence-electron chi connectivity index (χ3n) is 4.75. The van der Waals surface area contributed by atoms with Crippen molar-refractivity contribution >= 4 is 45.7 Å². The maximum Gasteiger partial charge on any atom is 0.236 e. The zero-order valence-corrected chi connectivity index (χ0v) is 21.2. The number of nitrogens with one attached hydrogen (secondary N) is 1. The highest BCUT2D eigenvalue weighted by Gasteiger charge is 2.16. The molecule has 0 aliphatic rings. The Morgan fingerprint density at radius 2 is 1.97 bits per heavy atom. The van der Waals surface area contributed by atoms with Crippen molar-refractivity contribution in [2.75, 3.05) is 18.2 Å². The van der Waals surface area contributed by atoms with Gasteiger partial charge in [-0.05, 0) is 24.3 Å². The van der Waals surface area contributed by atoms with Crippen LogP contribution in [0.3, 0.4) is 0 Å². The molecule has 0 unspecified atom stereocenters. The van der Waals surface area contributed by atoms with Crippen LogP contribution in [0.1, 0.15) is 5.82 Å². The number of para-hydroxylation sites is 2. The number of methoxy groups -OCH3 is 1. The molecule has 2 aromatic heterocycles. The fourth-order valence-electron chi connectivity index (χ4n) is 3.10. The molecule has 0 spiro atoms. The lowest BCUT2D eigenvalue weighted by Gasteiger charge is -2.11. The lowest BCUT2D eigenvalue weighted by molar-refractivity contribution is -0.113. The molecule has 8 nitrogen and oxygen atoms in total. The highest BCUT2D eigenvalue weighted by molar-refractivity contribution is 7.99. The molecule has 2 heterocycles. The second-order valence-corrected chi connectivity index (χ2v) is 9.36. The number of hydrogen-bond donors (Lipinski definition) is 1. The number of aromatic nitrogens is 4. The standard InChI is InChI=1S/C24H22ClN5O3S2/c1-3-12-30-21(13-33-20-7-5-4-6-19(20)32-2)28-29-24(30)35-15-22(31)27-23-26-18(14-34-23)16-8-10-17(25)11-9-16/h3-11,14H,1,12-13,15H2,2H3,(H,26,27,31). The van der Waals surface area contributed by atoms with Crippen molar-refractivity contribution in [3.05, 3.63) is 77.4 Å². The van der Waals surface area contributed by atoms with Crippen LogP contribution in [0.5, 0.6) is 11.5 Å². The van der Waals surface area contributed by atoms with E-state index in [9.17, 15) is 4.79 Å². The highest BCUT2D eigenvalue weighted by Crippen LogP contribution is 2.28. The number of thiazole rings is 1. The van der Waals surface area contributed by atoms with Crippen molar-refractivity contribution in [3.63, 3.8) is 0 Å². The van der Waals surface area contributed by atoms with Crippen LogP contribution in [0.25, 0.3) is 11.3 Å². The van der Waals surface area contributed by atoms with E-state index in [1.807, 2.05) is 46.3 Å². The van der Waals surface area contributed by atoms with E-state index >= 15 is 0 Å². The van der Waals surface area contributed by atoms with Crippen LogP contribution >= 0.6 is 34.7 Å². The number of allylic oxidation sites excluding steroid dienone is 1. The average molecular weight is 528 g/mol.